The Hall–Kier alpha value is -3.36. The summed E-state index contributed by atoms with van der Waals surface area (Å²) in [5.41, 5.74) is 11.3. The number of aromatic nitrogens is 3. The van der Waals surface area contributed by atoms with E-state index in [2.05, 4.69) is 20.3 Å². The van der Waals surface area contributed by atoms with Gasteiger partial charge in [-0.2, -0.15) is 0 Å². The first kappa shape index (κ1) is 19.6. The average molecular weight is 432 g/mol. The van der Waals surface area contributed by atoms with Gasteiger partial charge in [-0.25, -0.2) is 15.0 Å². The molecule has 2 aromatic heterocycles. The van der Waals surface area contributed by atoms with Crippen LogP contribution in [0.1, 0.15) is 18.4 Å². The Morgan fingerprint density at radius 3 is 2.48 bits per heavy atom. The highest BCUT2D eigenvalue weighted by molar-refractivity contribution is 7.16. The molecule has 0 aliphatic carbocycles. The fourth-order valence-corrected chi connectivity index (χ4v) is 4.74. The summed E-state index contributed by atoms with van der Waals surface area (Å²) < 4.78 is 6.63. The number of carbonyl (C=O) groups excluding carboxylic acids is 1. The zero-order valence-electron chi connectivity index (χ0n) is 16.7. The molecule has 156 valence electrons. The van der Waals surface area contributed by atoms with Gasteiger partial charge in [-0.05, 0) is 42.2 Å². The van der Waals surface area contributed by atoms with E-state index in [4.69, 9.17) is 10.5 Å². The number of nitrogen functional groups attached to an aromatic ring is 1. The third-order valence-electron chi connectivity index (χ3n) is 5.81. The Bertz CT molecular complexity index is 1210. The Balaban J connectivity index is 1.44. The van der Waals surface area contributed by atoms with Gasteiger partial charge in [0.15, 0.2) is 0 Å². The number of thiazole rings is 1. The van der Waals surface area contributed by atoms with Crippen molar-refractivity contribution in [1.29, 1.82) is 0 Å². The highest BCUT2D eigenvalue weighted by Gasteiger charge is 2.41. The van der Waals surface area contributed by atoms with Crippen LogP contribution in [-0.4, -0.2) is 34.1 Å². The molecule has 8 heteroatoms. The first-order valence-corrected chi connectivity index (χ1v) is 10.9. The van der Waals surface area contributed by atoms with Crippen molar-refractivity contribution >= 4 is 39.1 Å². The number of hydrogen-bond acceptors (Lipinski definition) is 7. The zero-order chi connectivity index (χ0) is 21.3. The van der Waals surface area contributed by atoms with Crippen LogP contribution in [0, 0.1) is 0 Å². The molecule has 0 radical (unpaired) electrons. The van der Waals surface area contributed by atoms with Gasteiger partial charge < -0.3 is 15.8 Å². The number of amides is 1. The lowest BCUT2D eigenvalue weighted by Gasteiger charge is -2.36. The number of rotatable bonds is 4. The molecule has 0 saturated carbocycles. The lowest BCUT2D eigenvalue weighted by atomic mass is 9.73. The summed E-state index contributed by atoms with van der Waals surface area (Å²) in [5.74, 6) is 0.234. The van der Waals surface area contributed by atoms with E-state index in [9.17, 15) is 4.79 Å². The number of hydrogen-bond donors (Lipinski definition) is 2. The van der Waals surface area contributed by atoms with Crippen molar-refractivity contribution in [2.24, 2.45) is 0 Å². The summed E-state index contributed by atoms with van der Waals surface area (Å²) in [6.45, 7) is 1.10. The first-order valence-electron chi connectivity index (χ1n) is 10.0. The zero-order valence-corrected chi connectivity index (χ0v) is 17.6. The topological polar surface area (TPSA) is 103 Å². The van der Waals surface area contributed by atoms with E-state index in [0.29, 0.717) is 26.1 Å². The number of carbonyl (C=O) groups is 1. The molecule has 1 aliphatic heterocycles. The minimum absolute atomic E-state index is 0.0109. The highest BCUT2D eigenvalue weighted by Crippen LogP contribution is 2.37. The number of ether oxygens (including phenoxy) is 1. The van der Waals surface area contributed by atoms with Gasteiger partial charge in [0, 0.05) is 36.9 Å². The van der Waals surface area contributed by atoms with Crippen molar-refractivity contribution in [3.05, 3.63) is 65.9 Å². The molecule has 3 heterocycles. The Kier molecular flexibility index (Phi) is 5.09. The number of fused-ring (bicyclic) bond motifs is 1. The Morgan fingerprint density at radius 2 is 1.74 bits per heavy atom. The molecule has 4 aromatic rings. The van der Waals surface area contributed by atoms with Crippen LogP contribution >= 0.6 is 11.3 Å². The second-order valence-corrected chi connectivity index (χ2v) is 8.48. The second kappa shape index (κ2) is 8.05. The molecule has 1 amide bonds. The fraction of sp³-hybridized carbons (Fsp3) is 0.217. The largest absolute Gasteiger partial charge is 0.381 e. The van der Waals surface area contributed by atoms with Crippen LogP contribution in [0.15, 0.2) is 60.4 Å². The van der Waals surface area contributed by atoms with E-state index in [-0.39, 0.29) is 11.9 Å². The van der Waals surface area contributed by atoms with Crippen LogP contribution in [0.5, 0.6) is 0 Å². The summed E-state index contributed by atoms with van der Waals surface area (Å²) in [6.07, 6.45) is 4.66. The molecule has 31 heavy (non-hydrogen) atoms. The third kappa shape index (κ3) is 3.75. The van der Waals surface area contributed by atoms with Gasteiger partial charge in [0.25, 0.3) is 0 Å². The van der Waals surface area contributed by atoms with E-state index in [1.54, 1.807) is 23.7 Å². The summed E-state index contributed by atoms with van der Waals surface area (Å²) in [4.78, 5) is 26.0. The molecular formula is C23H21N5O2S. The summed E-state index contributed by atoms with van der Waals surface area (Å²) >= 11 is 1.56. The summed E-state index contributed by atoms with van der Waals surface area (Å²) in [5, 5.41) is 3.14. The van der Waals surface area contributed by atoms with E-state index in [0.717, 1.165) is 32.6 Å². The maximum Gasteiger partial charge on any atom is 0.235 e. The van der Waals surface area contributed by atoms with Crippen LogP contribution in [0.4, 0.5) is 11.6 Å². The van der Waals surface area contributed by atoms with Crippen LogP contribution in [0.25, 0.3) is 21.3 Å². The lowest BCUT2D eigenvalue weighted by Crippen LogP contribution is -2.44. The second-order valence-electron chi connectivity index (χ2n) is 7.59. The van der Waals surface area contributed by atoms with E-state index in [1.165, 1.54) is 0 Å². The molecule has 1 fully saturated rings. The predicted octanol–water partition coefficient (Wildman–Crippen LogP) is 4.02. The minimum atomic E-state index is -0.642. The molecule has 1 aliphatic rings. The summed E-state index contributed by atoms with van der Waals surface area (Å²) in [6, 6.07) is 13.8. The molecule has 0 unspecified atom stereocenters. The lowest BCUT2D eigenvalue weighted by molar-refractivity contribution is -0.125. The molecule has 5 rings (SSSR count). The number of anilines is 2. The molecule has 0 spiro atoms. The van der Waals surface area contributed by atoms with Gasteiger partial charge in [0.05, 0.1) is 21.1 Å². The minimum Gasteiger partial charge on any atom is -0.381 e. The number of nitrogens with two attached hydrogens (primary N) is 1. The first-order chi connectivity index (χ1) is 15.1. The van der Waals surface area contributed by atoms with E-state index < -0.39 is 5.41 Å². The van der Waals surface area contributed by atoms with Crippen molar-refractivity contribution in [2.75, 3.05) is 24.3 Å². The average Bonchev–Trinajstić information content (AvgIpc) is 3.28. The van der Waals surface area contributed by atoms with Crippen molar-refractivity contribution in [1.82, 2.24) is 15.0 Å². The van der Waals surface area contributed by atoms with Crippen molar-refractivity contribution < 1.29 is 9.53 Å². The van der Waals surface area contributed by atoms with Crippen LogP contribution in [0.3, 0.4) is 0 Å². The number of nitrogens with one attached hydrogen (secondary N) is 1. The van der Waals surface area contributed by atoms with E-state index >= 15 is 0 Å². The maximum absolute atomic E-state index is 13.5. The monoisotopic (exact) mass is 431 g/mol. The van der Waals surface area contributed by atoms with Gasteiger partial charge in [-0.1, -0.05) is 24.3 Å². The van der Waals surface area contributed by atoms with Gasteiger partial charge in [0.2, 0.25) is 11.9 Å². The van der Waals surface area contributed by atoms with Crippen molar-refractivity contribution in [2.45, 2.75) is 18.3 Å². The molecule has 1 saturated heterocycles. The van der Waals surface area contributed by atoms with Crippen LogP contribution < -0.4 is 11.1 Å². The molecule has 2 aromatic carbocycles. The van der Waals surface area contributed by atoms with Gasteiger partial charge in [-0.3, -0.25) is 4.79 Å². The quantitative estimate of drug-likeness (QED) is 0.506. The third-order valence-corrected chi connectivity index (χ3v) is 6.60. The molecule has 0 bridgehead atoms. The molecular weight excluding hydrogens is 410 g/mol. The normalized spacial score (nSPS) is 15.6. The van der Waals surface area contributed by atoms with Crippen molar-refractivity contribution in [3.8, 4) is 11.1 Å². The van der Waals surface area contributed by atoms with Crippen molar-refractivity contribution in [3.63, 3.8) is 0 Å². The van der Waals surface area contributed by atoms with Gasteiger partial charge >= 0.3 is 0 Å². The SMILES string of the molecule is Nc1ncc(-c2ccc(C3(C(=O)Nc4ccc5ncsc5c4)CCOCC3)cc2)cn1. The standard InChI is InChI=1S/C23H21N5O2S/c24-22-25-12-16(13-26-22)15-1-3-17(4-2-15)23(7-9-30-10-8-23)21(29)28-18-5-6-19-20(11-18)31-14-27-19/h1-6,11-14H,7-10H2,(H,28,29)(H2,24,25,26). The maximum atomic E-state index is 13.5. The molecule has 0 atom stereocenters. The van der Waals surface area contributed by atoms with E-state index in [1.807, 2.05) is 48.0 Å². The summed E-state index contributed by atoms with van der Waals surface area (Å²) in [7, 11) is 0. The highest BCUT2D eigenvalue weighted by atomic mass is 32.1. The van der Waals surface area contributed by atoms with Crippen LogP contribution in [-0.2, 0) is 14.9 Å². The number of nitrogens with zero attached hydrogens (tertiary/aromatic N) is 3. The Morgan fingerprint density at radius 1 is 1.00 bits per heavy atom. The predicted molar refractivity (Wildman–Crippen MR) is 122 cm³/mol. The Labute approximate surface area is 183 Å². The van der Waals surface area contributed by atoms with Gasteiger partial charge in [0.1, 0.15) is 0 Å². The smallest absolute Gasteiger partial charge is 0.235 e. The molecule has 7 nitrogen and oxygen atoms in total. The van der Waals surface area contributed by atoms with Gasteiger partial charge in [-0.15, -0.1) is 11.3 Å². The number of benzene rings is 2. The fourth-order valence-electron chi connectivity index (χ4n) is 4.02. The van der Waals surface area contributed by atoms with Crippen LogP contribution in [0.2, 0.25) is 0 Å². The molecule has 3 N–H and O–H groups in total.